The summed E-state index contributed by atoms with van der Waals surface area (Å²) < 4.78 is 13.0. The average molecular weight is 380 g/mol. The predicted octanol–water partition coefficient (Wildman–Crippen LogP) is 5.47. The van der Waals surface area contributed by atoms with Gasteiger partial charge in [-0.05, 0) is 32.3 Å². The minimum atomic E-state index is -0.767. The third kappa shape index (κ3) is 3.20. The average Bonchev–Trinajstić information content (AvgIpc) is 2.68. The molecule has 0 bridgehead atoms. The number of hydrogen-bond donors (Lipinski definition) is 1. The van der Waals surface area contributed by atoms with Gasteiger partial charge in [0.15, 0.2) is 0 Å². The second-order valence-electron chi connectivity index (χ2n) is 8.47. The summed E-state index contributed by atoms with van der Waals surface area (Å²) >= 11 is 0. The van der Waals surface area contributed by atoms with Crippen molar-refractivity contribution in [3.63, 3.8) is 0 Å². The lowest BCUT2D eigenvalue weighted by atomic mass is 9.71. The first-order chi connectivity index (χ1) is 13.4. The molecular weight excluding hydrogens is 352 g/mol. The molecule has 0 saturated carbocycles. The first-order valence-corrected chi connectivity index (χ1v) is 10.2. The molecule has 148 valence electrons. The molecule has 4 atom stereocenters. The smallest absolute Gasteiger partial charge is 0.309 e. The molecule has 2 aliphatic heterocycles. The first-order valence-electron chi connectivity index (χ1n) is 10.2. The van der Waals surface area contributed by atoms with Crippen LogP contribution in [0.25, 0.3) is 11.1 Å². The Kier molecular flexibility index (Phi) is 4.92. The Hall–Kier alpha value is -2.33. The molecule has 0 amide bonds. The van der Waals surface area contributed by atoms with Crippen molar-refractivity contribution in [2.45, 2.75) is 57.8 Å². The van der Waals surface area contributed by atoms with Gasteiger partial charge in [-0.3, -0.25) is 4.79 Å². The zero-order valence-corrected chi connectivity index (χ0v) is 16.7. The van der Waals surface area contributed by atoms with Crippen molar-refractivity contribution in [2.24, 2.45) is 11.8 Å². The lowest BCUT2D eigenvalue weighted by molar-refractivity contribution is -0.188. The van der Waals surface area contributed by atoms with E-state index in [0.29, 0.717) is 6.42 Å². The highest BCUT2D eigenvalue weighted by Crippen LogP contribution is 2.54. The van der Waals surface area contributed by atoms with Gasteiger partial charge in [-0.15, -0.1) is 0 Å². The molecule has 0 radical (unpaired) electrons. The van der Waals surface area contributed by atoms with Crippen LogP contribution < -0.4 is 4.74 Å². The van der Waals surface area contributed by atoms with Gasteiger partial charge in [0.25, 0.3) is 0 Å². The molecule has 2 aliphatic rings. The maximum Gasteiger partial charge on any atom is 0.309 e. The fraction of sp³-hybridized carbons (Fsp3) is 0.458. The maximum atomic E-state index is 11.9. The van der Waals surface area contributed by atoms with Gasteiger partial charge in [0.2, 0.25) is 0 Å². The van der Waals surface area contributed by atoms with Crippen LogP contribution in [0, 0.1) is 11.8 Å². The summed E-state index contributed by atoms with van der Waals surface area (Å²) in [6.07, 6.45) is 1.84. The van der Waals surface area contributed by atoms with E-state index in [9.17, 15) is 9.90 Å². The van der Waals surface area contributed by atoms with Crippen LogP contribution >= 0.6 is 0 Å². The van der Waals surface area contributed by atoms with Gasteiger partial charge in [-0.2, -0.15) is 0 Å². The van der Waals surface area contributed by atoms with Crippen LogP contribution in [-0.2, 0) is 9.53 Å². The largest absolute Gasteiger partial charge is 0.486 e. The first kappa shape index (κ1) is 19.0. The standard InChI is InChI=1S/C24H28O4/c1-4-9-20-18(23(25)26)14-19-22(27-20)17-13-8-12-16(15-10-6-5-7-11-15)21(17)28-24(19,2)3/h5-8,10-13,18-20,22H,4,9,14H2,1-3H3,(H,25,26)/t18-,19-,20-,22+/m1/s1. The van der Waals surface area contributed by atoms with E-state index in [-0.39, 0.29) is 18.1 Å². The van der Waals surface area contributed by atoms with Crippen molar-refractivity contribution >= 4 is 5.97 Å². The van der Waals surface area contributed by atoms with Crippen LogP contribution in [0.15, 0.2) is 48.5 Å². The normalized spacial score (nSPS) is 28.0. The zero-order valence-electron chi connectivity index (χ0n) is 16.7. The molecule has 2 aromatic carbocycles. The van der Waals surface area contributed by atoms with Crippen LogP contribution in [0.4, 0.5) is 0 Å². The summed E-state index contributed by atoms with van der Waals surface area (Å²) in [6, 6.07) is 16.4. The van der Waals surface area contributed by atoms with E-state index in [1.165, 1.54) is 0 Å². The van der Waals surface area contributed by atoms with Crippen molar-refractivity contribution < 1.29 is 19.4 Å². The molecular formula is C24H28O4. The molecule has 1 saturated heterocycles. The third-order valence-electron chi connectivity index (χ3n) is 6.23. The van der Waals surface area contributed by atoms with Crippen molar-refractivity contribution in [3.05, 3.63) is 54.1 Å². The lowest BCUT2D eigenvalue weighted by Crippen LogP contribution is -2.52. The number of ether oxygens (including phenoxy) is 2. The highest BCUT2D eigenvalue weighted by atomic mass is 16.5. The lowest BCUT2D eigenvalue weighted by Gasteiger charge is -2.50. The number of hydrogen-bond acceptors (Lipinski definition) is 3. The Balaban J connectivity index is 1.79. The summed E-state index contributed by atoms with van der Waals surface area (Å²) in [5.41, 5.74) is 2.70. The summed E-state index contributed by atoms with van der Waals surface area (Å²) in [4.78, 5) is 11.9. The molecule has 2 heterocycles. The van der Waals surface area contributed by atoms with Crippen LogP contribution in [0.3, 0.4) is 0 Å². The summed E-state index contributed by atoms with van der Waals surface area (Å²) in [5, 5.41) is 9.76. The molecule has 0 aliphatic carbocycles. The van der Waals surface area contributed by atoms with Crippen LogP contribution in [0.5, 0.6) is 5.75 Å². The summed E-state index contributed by atoms with van der Waals surface area (Å²) in [7, 11) is 0. The molecule has 0 spiro atoms. The van der Waals surface area contributed by atoms with E-state index in [1.54, 1.807) is 0 Å². The minimum absolute atomic E-state index is 0.000212. The number of carboxylic acid groups (broad SMARTS) is 1. The van der Waals surface area contributed by atoms with Gasteiger partial charge in [0.1, 0.15) is 11.4 Å². The van der Waals surface area contributed by atoms with Crippen molar-refractivity contribution in [1.82, 2.24) is 0 Å². The van der Waals surface area contributed by atoms with E-state index in [0.717, 1.165) is 35.3 Å². The predicted molar refractivity (Wildman–Crippen MR) is 108 cm³/mol. The number of fused-ring (bicyclic) bond motifs is 3. The van der Waals surface area contributed by atoms with E-state index < -0.39 is 17.5 Å². The number of aliphatic carboxylic acids is 1. The Morgan fingerprint density at radius 2 is 1.89 bits per heavy atom. The van der Waals surface area contributed by atoms with Crippen molar-refractivity contribution in [3.8, 4) is 16.9 Å². The van der Waals surface area contributed by atoms with E-state index in [1.807, 2.05) is 24.3 Å². The van der Waals surface area contributed by atoms with E-state index in [4.69, 9.17) is 9.47 Å². The quantitative estimate of drug-likeness (QED) is 0.764. The summed E-state index contributed by atoms with van der Waals surface area (Å²) in [5.74, 6) is -0.385. The molecule has 28 heavy (non-hydrogen) atoms. The van der Waals surface area contributed by atoms with Gasteiger partial charge in [0.05, 0.1) is 18.1 Å². The van der Waals surface area contributed by atoms with E-state index >= 15 is 0 Å². The molecule has 1 N–H and O–H groups in total. The zero-order chi connectivity index (χ0) is 19.9. The Labute approximate surface area is 166 Å². The molecule has 4 heteroatoms. The van der Waals surface area contributed by atoms with Crippen molar-refractivity contribution in [2.75, 3.05) is 0 Å². The fourth-order valence-corrected chi connectivity index (χ4v) is 4.76. The number of carbonyl (C=O) groups is 1. The van der Waals surface area contributed by atoms with Crippen LogP contribution in [-0.4, -0.2) is 22.8 Å². The minimum Gasteiger partial charge on any atom is -0.486 e. The van der Waals surface area contributed by atoms with Crippen molar-refractivity contribution in [1.29, 1.82) is 0 Å². The van der Waals surface area contributed by atoms with Gasteiger partial charge in [-0.1, -0.05) is 61.9 Å². The Bertz CT molecular complexity index is 858. The topological polar surface area (TPSA) is 55.8 Å². The number of carboxylic acids is 1. The van der Waals surface area contributed by atoms with E-state index in [2.05, 4.69) is 45.0 Å². The number of rotatable bonds is 4. The number of para-hydroxylation sites is 1. The Morgan fingerprint density at radius 3 is 2.57 bits per heavy atom. The monoisotopic (exact) mass is 380 g/mol. The highest BCUT2D eigenvalue weighted by molar-refractivity contribution is 5.73. The maximum absolute atomic E-state index is 11.9. The molecule has 4 nitrogen and oxygen atoms in total. The molecule has 0 unspecified atom stereocenters. The van der Waals surface area contributed by atoms with Gasteiger partial charge in [-0.25, -0.2) is 0 Å². The highest BCUT2D eigenvalue weighted by Gasteiger charge is 2.52. The van der Waals surface area contributed by atoms with Gasteiger partial charge >= 0.3 is 5.97 Å². The van der Waals surface area contributed by atoms with Crippen LogP contribution in [0.2, 0.25) is 0 Å². The molecule has 1 fully saturated rings. The Morgan fingerprint density at radius 1 is 1.14 bits per heavy atom. The van der Waals surface area contributed by atoms with Gasteiger partial charge in [0, 0.05) is 17.0 Å². The summed E-state index contributed by atoms with van der Waals surface area (Å²) in [6.45, 7) is 6.18. The van der Waals surface area contributed by atoms with Gasteiger partial charge < -0.3 is 14.6 Å². The SMILES string of the molecule is CCC[C@H]1O[C@H]2c3cccc(-c4ccccc4)c3OC(C)(C)[C@@H]2C[C@H]1C(=O)O. The molecule has 0 aromatic heterocycles. The second-order valence-corrected chi connectivity index (χ2v) is 8.47. The number of benzene rings is 2. The second kappa shape index (κ2) is 7.25. The molecule has 2 aromatic rings. The fourth-order valence-electron chi connectivity index (χ4n) is 4.76. The van der Waals surface area contributed by atoms with Crippen LogP contribution in [0.1, 0.15) is 51.7 Å². The third-order valence-corrected chi connectivity index (χ3v) is 6.23. The molecule has 4 rings (SSSR count).